The minimum absolute atomic E-state index is 0.00565. The number of nitrogens with one attached hydrogen (secondary N) is 1. The van der Waals surface area contributed by atoms with Gasteiger partial charge in [-0.2, -0.15) is 11.8 Å². The quantitative estimate of drug-likeness (QED) is 0.767. The molecule has 0 aromatic heterocycles. The van der Waals surface area contributed by atoms with Gasteiger partial charge in [-0.3, -0.25) is 9.59 Å². The molecule has 0 aromatic rings. The summed E-state index contributed by atoms with van der Waals surface area (Å²) in [5.74, 6) is 2.16. The molecule has 0 aromatic carbocycles. The largest absolute Gasteiger partial charge is 0.342 e. The van der Waals surface area contributed by atoms with Crippen molar-refractivity contribution in [2.24, 2.45) is 11.3 Å². The molecule has 2 amide bonds. The van der Waals surface area contributed by atoms with Gasteiger partial charge < -0.3 is 10.2 Å². The van der Waals surface area contributed by atoms with Crippen LogP contribution < -0.4 is 5.32 Å². The number of amides is 2. The number of hydrogen-bond donors (Lipinski definition) is 1. The van der Waals surface area contributed by atoms with Crippen molar-refractivity contribution in [1.82, 2.24) is 10.2 Å². The van der Waals surface area contributed by atoms with Crippen molar-refractivity contribution in [2.75, 3.05) is 18.1 Å². The number of thioether (sulfide) groups is 1. The summed E-state index contributed by atoms with van der Waals surface area (Å²) in [7, 11) is 0. The van der Waals surface area contributed by atoms with E-state index in [4.69, 9.17) is 0 Å². The van der Waals surface area contributed by atoms with Crippen molar-refractivity contribution in [3.63, 3.8) is 0 Å². The number of piperazine rings is 1. The topological polar surface area (TPSA) is 49.4 Å². The Labute approximate surface area is 133 Å². The van der Waals surface area contributed by atoms with Crippen LogP contribution in [0.5, 0.6) is 0 Å². The third-order valence-electron chi connectivity index (χ3n) is 4.12. The van der Waals surface area contributed by atoms with Gasteiger partial charge in [0.05, 0.1) is 0 Å². The zero-order valence-corrected chi connectivity index (χ0v) is 15.0. The monoisotopic (exact) mass is 314 g/mol. The molecule has 1 fully saturated rings. The van der Waals surface area contributed by atoms with Crippen molar-refractivity contribution in [3.8, 4) is 0 Å². The van der Waals surface area contributed by atoms with Crippen LogP contribution in [-0.2, 0) is 9.59 Å². The minimum atomic E-state index is -0.372. The maximum absolute atomic E-state index is 12.8. The standard InChI is InChI=1S/C16H30N2O2S/c1-7-11(3)12-15(20)18(9-10-21-8-2)13(14(19)17-12)16(4,5)6/h11-13H,7-10H2,1-6H3,(H,17,19). The zero-order chi connectivity index (χ0) is 16.2. The number of carbonyl (C=O) groups is 2. The molecule has 0 spiro atoms. The molecule has 1 aliphatic heterocycles. The van der Waals surface area contributed by atoms with Crippen molar-refractivity contribution in [3.05, 3.63) is 0 Å². The summed E-state index contributed by atoms with van der Waals surface area (Å²) in [6, 6.07) is -0.740. The number of rotatable bonds is 6. The average molecular weight is 314 g/mol. The van der Waals surface area contributed by atoms with Gasteiger partial charge in [0.2, 0.25) is 11.8 Å². The molecule has 4 nitrogen and oxygen atoms in total. The molecule has 1 aliphatic rings. The molecule has 21 heavy (non-hydrogen) atoms. The Morgan fingerprint density at radius 3 is 2.38 bits per heavy atom. The van der Waals surface area contributed by atoms with Crippen LogP contribution in [0.1, 0.15) is 48.0 Å². The van der Waals surface area contributed by atoms with E-state index in [-0.39, 0.29) is 35.2 Å². The van der Waals surface area contributed by atoms with Gasteiger partial charge in [0.1, 0.15) is 12.1 Å². The molecule has 0 aliphatic carbocycles. The van der Waals surface area contributed by atoms with Crippen LogP contribution in [0, 0.1) is 11.3 Å². The Kier molecular flexibility index (Phi) is 6.57. The lowest BCUT2D eigenvalue weighted by molar-refractivity contribution is -0.154. The Hall–Kier alpha value is -0.710. The number of carbonyl (C=O) groups excluding carboxylic acids is 2. The lowest BCUT2D eigenvalue weighted by atomic mass is 9.82. The van der Waals surface area contributed by atoms with E-state index in [1.807, 2.05) is 44.4 Å². The first-order valence-electron chi connectivity index (χ1n) is 7.92. The van der Waals surface area contributed by atoms with E-state index in [0.717, 1.165) is 17.9 Å². The first kappa shape index (κ1) is 18.3. The number of hydrogen-bond acceptors (Lipinski definition) is 3. The number of nitrogens with zero attached hydrogens (tertiary/aromatic N) is 1. The molecule has 1 heterocycles. The first-order chi connectivity index (χ1) is 9.73. The van der Waals surface area contributed by atoms with E-state index in [1.54, 1.807) is 0 Å². The van der Waals surface area contributed by atoms with E-state index in [1.165, 1.54) is 0 Å². The van der Waals surface area contributed by atoms with Crippen LogP contribution in [0.4, 0.5) is 0 Å². The Morgan fingerprint density at radius 2 is 1.90 bits per heavy atom. The highest BCUT2D eigenvalue weighted by Crippen LogP contribution is 2.29. The third-order valence-corrected chi connectivity index (χ3v) is 5.00. The van der Waals surface area contributed by atoms with Crippen molar-refractivity contribution >= 4 is 23.6 Å². The summed E-state index contributed by atoms with van der Waals surface area (Å²) in [5, 5.41) is 2.96. The molecule has 0 saturated carbocycles. The predicted octanol–water partition coefficient (Wildman–Crippen LogP) is 2.53. The van der Waals surface area contributed by atoms with Crippen LogP contribution >= 0.6 is 11.8 Å². The molecule has 1 saturated heterocycles. The van der Waals surface area contributed by atoms with Crippen molar-refractivity contribution < 1.29 is 9.59 Å². The fourth-order valence-electron chi connectivity index (χ4n) is 2.77. The van der Waals surface area contributed by atoms with Gasteiger partial charge in [-0.1, -0.05) is 48.0 Å². The highest BCUT2D eigenvalue weighted by atomic mass is 32.2. The lowest BCUT2D eigenvalue weighted by Crippen LogP contribution is -2.68. The molecule has 5 heteroatoms. The Morgan fingerprint density at radius 1 is 1.29 bits per heavy atom. The van der Waals surface area contributed by atoms with Crippen molar-refractivity contribution in [2.45, 2.75) is 60.0 Å². The summed E-state index contributed by atoms with van der Waals surface area (Å²) < 4.78 is 0. The normalized spacial score (nSPS) is 25.0. The molecule has 3 atom stereocenters. The molecular weight excluding hydrogens is 284 g/mol. The summed E-state index contributed by atoms with van der Waals surface area (Å²) in [6.45, 7) is 12.9. The summed E-state index contributed by atoms with van der Waals surface area (Å²) in [5.41, 5.74) is -0.253. The summed E-state index contributed by atoms with van der Waals surface area (Å²) in [4.78, 5) is 27.2. The predicted molar refractivity (Wildman–Crippen MR) is 89.3 cm³/mol. The second kappa shape index (κ2) is 7.52. The van der Waals surface area contributed by atoms with E-state index < -0.39 is 0 Å². The third kappa shape index (κ3) is 4.38. The van der Waals surface area contributed by atoms with Gasteiger partial charge in [0.25, 0.3) is 0 Å². The molecular formula is C16H30N2O2S. The fraction of sp³-hybridized carbons (Fsp3) is 0.875. The zero-order valence-electron chi connectivity index (χ0n) is 14.2. The van der Waals surface area contributed by atoms with Crippen LogP contribution in [0.2, 0.25) is 0 Å². The Balaban J connectivity index is 2.99. The fourth-order valence-corrected chi connectivity index (χ4v) is 3.38. The van der Waals surface area contributed by atoms with Crippen LogP contribution in [0.3, 0.4) is 0 Å². The van der Waals surface area contributed by atoms with Crippen LogP contribution in [-0.4, -0.2) is 46.8 Å². The maximum Gasteiger partial charge on any atom is 0.246 e. The van der Waals surface area contributed by atoms with E-state index >= 15 is 0 Å². The van der Waals surface area contributed by atoms with E-state index in [0.29, 0.717) is 6.54 Å². The Bertz CT molecular complexity index is 379. The second-order valence-corrected chi connectivity index (χ2v) is 8.26. The molecule has 0 bridgehead atoms. The molecule has 0 radical (unpaired) electrons. The maximum atomic E-state index is 12.8. The summed E-state index contributed by atoms with van der Waals surface area (Å²) >= 11 is 1.81. The highest BCUT2D eigenvalue weighted by molar-refractivity contribution is 7.99. The van der Waals surface area contributed by atoms with Gasteiger partial charge >= 0.3 is 0 Å². The van der Waals surface area contributed by atoms with E-state index in [2.05, 4.69) is 19.2 Å². The first-order valence-corrected chi connectivity index (χ1v) is 9.08. The van der Waals surface area contributed by atoms with Gasteiger partial charge in [-0.15, -0.1) is 0 Å². The molecule has 1 N–H and O–H groups in total. The van der Waals surface area contributed by atoms with Gasteiger partial charge in [0.15, 0.2) is 0 Å². The average Bonchev–Trinajstić information content (AvgIpc) is 2.40. The van der Waals surface area contributed by atoms with Gasteiger partial charge in [-0.25, -0.2) is 0 Å². The van der Waals surface area contributed by atoms with E-state index in [9.17, 15) is 9.59 Å². The SMILES string of the molecule is CCSCCN1C(=O)C(C(C)CC)NC(=O)C1C(C)(C)C. The summed E-state index contributed by atoms with van der Waals surface area (Å²) in [6.07, 6.45) is 0.883. The minimum Gasteiger partial charge on any atom is -0.342 e. The molecule has 3 unspecified atom stereocenters. The molecule has 122 valence electrons. The molecule has 1 rings (SSSR count). The van der Waals surface area contributed by atoms with Gasteiger partial charge in [0, 0.05) is 12.3 Å². The van der Waals surface area contributed by atoms with Crippen molar-refractivity contribution in [1.29, 1.82) is 0 Å². The van der Waals surface area contributed by atoms with Crippen LogP contribution in [0.15, 0.2) is 0 Å². The van der Waals surface area contributed by atoms with Crippen LogP contribution in [0.25, 0.3) is 0 Å². The van der Waals surface area contributed by atoms with Gasteiger partial charge in [-0.05, 0) is 17.1 Å². The lowest BCUT2D eigenvalue weighted by Gasteiger charge is -2.45. The highest BCUT2D eigenvalue weighted by Gasteiger charge is 2.46. The smallest absolute Gasteiger partial charge is 0.246 e. The second-order valence-electron chi connectivity index (χ2n) is 6.87.